The molecule has 0 amide bonds. The molecule has 0 spiro atoms. The Labute approximate surface area is 189 Å². The maximum Gasteiger partial charge on any atom is 0.0986 e. The maximum absolute atomic E-state index is 11.6. The Bertz CT molecular complexity index is 691. The van der Waals surface area contributed by atoms with E-state index >= 15 is 0 Å². The fourth-order valence-corrected chi connectivity index (χ4v) is 8.99. The third-order valence-electron chi connectivity index (χ3n) is 10.5. The summed E-state index contributed by atoms with van der Waals surface area (Å²) in [6.45, 7) is 11.3. The lowest BCUT2D eigenvalue weighted by Crippen LogP contribution is -2.71. The molecule has 4 saturated carbocycles. The summed E-state index contributed by atoms with van der Waals surface area (Å²) in [6.07, 6.45) is 9.20. The Balaban J connectivity index is 1.62. The zero-order valence-electron chi connectivity index (χ0n) is 20.3. The van der Waals surface area contributed by atoms with Crippen LogP contribution in [-0.2, 0) is 0 Å². The van der Waals surface area contributed by atoms with Gasteiger partial charge in [0.25, 0.3) is 0 Å². The van der Waals surface area contributed by atoms with Crippen LogP contribution < -0.4 is 0 Å². The molecule has 0 aliphatic heterocycles. The highest BCUT2D eigenvalue weighted by atomic mass is 16.3. The van der Waals surface area contributed by atoms with Gasteiger partial charge in [0.15, 0.2) is 0 Å². The summed E-state index contributed by atoms with van der Waals surface area (Å²) in [7, 11) is 0. The van der Waals surface area contributed by atoms with Gasteiger partial charge in [-0.25, -0.2) is 0 Å². The van der Waals surface area contributed by atoms with Gasteiger partial charge < -0.3 is 20.4 Å². The number of aliphatic hydroxyl groups is 4. The lowest BCUT2D eigenvalue weighted by Gasteiger charge is -2.66. The molecule has 0 aromatic rings. The maximum atomic E-state index is 11.6. The van der Waals surface area contributed by atoms with Gasteiger partial charge in [-0.3, -0.25) is 0 Å². The molecule has 178 valence electrons. The Hall–Kier alpha value is -0.420. The van der Waals surface area contributed by atoms with Crippen LogP contribution in [0.3, 0.4) is 0 Å². The third kappa shape index (κ3) is 3.55. The molecule has 4 nitrogen and oxygen atoms in total. The second-order valence-corrected chi connectivity index (χ2v) is 12.7. The molecule has 4 N–H and O–H groups in total. The molecule has 0 saturated heterocycles. The van der Waals surface area contributed by atoms with E-state index in [-0.39, 0.29) is 23.7 Å². The smallest absolute Gasteiger partial charge is 0.0986 e. The Kier molecular flexibility index (Phi) is 6.21. The molecule has 0 bridgehead atoms. The standard InChI is InChI=1S/C27H46O4/c1-16(2)7-6-8-17(3)20-9-10-21-19-13-23(30)27(31)14-18(28)11-12-26(27,5)24(19)22(29)15-25(20,21)4/h6,8,16-24,28-31H,7,9-15H2,1-5H3/b8-6+/t17-,18+,19?,20-,21?,22+,23-,24?,25-,26-,27+/m1/s1. The van der Waals surface area contributed by atoms with Crippen molar-refractivity contribution in [1.29, 1.82) is 0 Å². The minimum absolute atomic E-state index is 0.00276. The average Bonchev–Trinajstić information content (AvgIpc) is 3.00. The zero-order chi connectivity index (χ0) is 22.8. The first-order chi connectivity index (χ1) is 14.4. The van der Waals surface area contributed by atoms with Crippen molar-refractivity contribution in [3.63, 3.8) is 0 Å². The van der Waals surface area contributed by atoms with Crippen molar-refractivity contribution < 1.29 is 20.4 Å². The molecule has 0 heterocycles. The molecular weight excluding hydrogens is 388 g/mol. The first kappa shape index (κ1) is 23.7. The van der Waals surface area contributed by atoms with Crippen molar-refractivity contribution in [3.8, 4) is 0 Å². The second-order valence-electron chi connectivity index (χ2n) is 12.7. The van der Waals surface area contributed by atoms with Crippen LogP contribution in [0.2, 0.25) is 0 Å². The van der Waals surface area contributed by atoms with Gasteiger partial charge in [-0.15, -0.1) is 0 Å². The predicted molar refractivity (Wildman–Crippen MR) is 123 cm³/mol. The average molecular weight is 435 g/mol. The Morgan fingerprint density at radius 2 is 1.71 bits per heavy atom. The summed E-state index contributed by atoms with van der Waals surface area (Å²) in [5.74, 6) is 2.43. The third-order valence-corrected chi connectivity index (χ3v) is 10.5. The number of allylic oxidation sites excluding steroid dienone is 2. The molecule has 31 heavy (non-hydrogen) atoms. The van der Waals surface area contributed by atoms with Crippen molar-refractivity contribution in [1.82, 2.24) is 0 Å². The monoisotopic (exact) mass is 434 g/mol. The molecule has 3 unspecified atom stereocenters. The molecule has 4 aliphatic rings. The van der Waals surface area contributed by atoms with Gasteiger partial charge in [0, 0.05) is 11.8 Å². The SMILES string of the molecule is CC(C)C/C=C/[C@@H](C)[C@H]1CCC2C3C[C@@H](O)[C@@]4(O)C[C@@H](O)CC[C@]4(C)C3[C@@H](O)C[C@@]21C. The van der Waals surface area contributed by atoms with Gasteiger partial charge in [-0.1, -0.05) is 46.8 Å². The molecule has 0 radical (unpaired) electrons. The van der Waals surface area contributed by atoms with Gasteiger partial charge in [-0.05, 0) is 85.9 Å². The van der Waals surface area contributed by atoms with Crippen molar-refractivity contribution in [2.24, 2.45) is 46.3 Å². The van der Waals surface area contributed by atoms with Crippen molar-refractivity contribution >= 4 is 0 Å². The van der Waals surface area contributed by atoms with E-state index in [1.165, 1.54) is 6.42 Å². The van der Waals surface area contributed by atoms with E-state index in [9.17, 15) is 20.4 Å². The van der Waals surface area contributed by atoms with Gasteiger partial charge in [0.05, 0.1) is 23.9 Å². The Morgan fingerprint density at radius 3 is 2.39 bits per heavy atom. The number of rotatable bonds is 4. The van der Waals surface area contributed by atoms with Crippen LogP contribution in [-0.4, -0.2) is 44.3 Å². The minimum Gasteiger partial charge on any atom is -0.393 e. The highest BCUT2D eigenvalue weighted by Crippen LogP contribution is 2.69. The second kappa shape index (κ2) is 8.11. The summed E-state index contributed by atoms with van der Waals surface area (Å²) in [5.41, 5.74) is -1.77. The first-order valence-electron chi connectivity index (χ1n) is 12.9. The number of aliphatic hydroxyl groups excluding tert-OH is 3. The van der Waals surface area contributed by atoms with Gasteiger partial charge in [-0.2, -0.15) is 0 Å². The van der Waals surface area contributed by atoms with Crippen molar-refractivity contribution in [2.75, 3.05) is 0 Å². The first-order valence-corrected chi connectivity index (χ1v) is 12.9. The zero-order valence-corrected chi connectivity index (χ0v) is 20.3. The molecule has 4 heteroatoms. The summed E-state index contributed by atoms with van der Waals surface area (Å²) in [4.78, 5) is 0. The predicted octanol–water partition coefficient (Wildman–Crippen LogP) is 4.30. The molecule has 11 atom stereocenters. The number of hydrogen-bond acceptors (Lipinski definition) is 4. The minimum atomic E-state index is -1.30. The quantitative estimate of drug-likeness (QED) is 0.497. The molecule has 0 aromatic carbocycles. The topological polar surface area (TPSA) is 80.9 Å². The normalized spacial score (nSPS) is 53.3. The van der Waals surface area contributed by atoms with Gasteiger partial charge in [0.2, 0.25) is 0 Å². The van der Waals surface area contributed by atoms with E-state index in [1.54, 1.807) is 0 Å². The number of hydrogen-bond donors (Lipinski definition) is 4. The van der Waals surface area contributed by atoms with Crippen LogP contribution in [0.4, 0.5) is 0 Å². The fourth-order valence-electron chi connectivity index (χ4n) is 8.99. The van der Waals surface area contributed by atoms with Crippen molar-refractivity contribution in [3.05, 3.63) is 12.2 Å². The van der Waals surface area contributed by atoms with Gasteiger partial charge >= 0.3 is 0 Å². The Morgan fingerprint density at radius 1 is 1.00 bits per heavy atom. The molecule has 4 rings (SSSR count). The van der Waals surface area contributed by atoms with Crippen LogP contribution in [0.25, 0.3) is 0 Å². The van der Waals surface area contributed by atoms with E-state index in [0.717, 1.165) is 19.3 Å². The van der Waals surface area contributed by atoms with E-state index < -0.39 is 29.3 Å². The van der Waals surface area contributed by atoms with Crippen LogP contribution in [0.1, 0.15) is 86.0 Å². The van der Waals surface area contributed by atoms with E-state index in [1.807, 2.05) is 0 Å². The summed E-state index contributed by atoms with van der Waals surface area (Å²) < 4.78 is 0. The van der Waals surface area contributed by atoms with Crippen LogP contribution in [0.5, 0.6) is 0 Å². The summed E-state index contributed by atoms with van der Waals surface area (Å²) in [5, 5.41) is 44.6. The molecule has 4 aliphatic carbocycles. The van der Waals surface area contributed by atoms with Crippen LogP contribution in [0, 0.1) is 46.3 Å². The lowest BCUT2D eigenvalue weighted by molar-refractivity contribution is -0.282. The van der Waals surface area contributed by atoms with E-state index in [4.69, 9.17) is 0 Å². The number of fused-ring (bicyclic) bond motifs is 5. The van der Waals surface area contributed by atoms with Gasteiger partial charge in [0.1, 0.15) is 0 Å². The largest absolute Gasteiger partial charge is 0.393 e. The summed E-state index contributed by atoms with van der Waals surface area (Å²) in [6, 6.07) is 0. The summed E-state index contributed by atoms with van der Waals surface area (Å²) >= 11 is 0. The van der Waals surface area contributed by atoms with Crippen LogP contribution in [0.15, 0.2) is 12.2 Å². The molecule has 0 aromatic heterocycles. The van der Waals surface area contributed by atoms with Crippen molar-refractivity contribution in [2.45, 2.75) is 110 Å². The molecule has 4 fully saturated rings. The van der Waals surface area contributed by atoms with E-state index in [0.29, 0.717) is 42.9 Å². The highest BCUT2D eigenvalue weighted by Gasteiger charge is 2.69. The van der Waals surface area contributed by atoms with E-state index in [2.05, 4.69) is 46.8 Å². The van der Waals surface area contributed by atoms with Crippen LogP contribution >= 0.6 is 0 Å². The fraction of sp³-hybridized carbons (Fsp3) is 0.926. The lowest BCUT2D eigenvalue weighted by atomic mass is 9.41. The molecular formula is C27H46O4. The highest BCUT2D eigenvalue weighted by molar-refractivity contribution is 5.19.